The molecule has 1 N–H and O–H groups in total. The molecule has 0 saturated carbocycles. The van der Waals surface area contributed by atoms with E-state index in [2.05, 4.69) is 15.3 Å². The lowest BCUT2D eigenvalue weighted by molar-refractivity contribution is -0.115. The number of carbonyl (C=O) groups is 2. The van der Waals surface area contributed by atoms with Crippen LogP contribution in [0.15, 0.2) is 72.3 Å². The first-order valence-electron chi connectivity index (χ1n) is 10.5. The van der Waals surface area contributed by atoms with E-state index in [1.165, 1.54) is 25.6 Å². The lowest BCUT2D eigenvalue weighted by atomic mass is 10.0. The molecule has 0 spiro atoms. The number of ketones is 2. The van der Waals surface area contributed by atoms with Crippen LogP contribution in [0.25, 0.3) is 10.9 Å². The van der Waals surface area contributed by atoms with Gasteiger partial charge in [-0.25, -0.2) is 9.97 Å². The Labute approximate surface area is 196 Å². The van der Waals surface area contributed by atoms with Gasteiger partial charge in [-0.15, -0.1) is 0 Å². The Morgan fingerprint density at radius 2 is 1.74 bits per heavy atom. The number of fused-ring (bicyclic) bond motifs is 1. The van der Waals surface area contributed by atoms with Crippen LogP contribution < -0.4 is 19.7 Å². The van der Waals surface area contributed by atoms with Gasteiger partial charge in [0.05, 0.1) is 30.6 Å². The fourth-order valence-electron chi connectivity index (χ4n) is 3.50. The van der Waals surface area contributed by atoms with Crippen LogP contribution in [0.5, 0.6) is 11.5 Å². The number of carbonyl (C=O) groups excluding carboxylic acids is 2. The predicted molar refractivity (Wildman–Crippen MR) is 128 cm³/mol. The summed E-state index contributed by atoms with van der Waals surface area (Å²) in [5, 5.41) is 3.59. The zero-order valence-corrected chi connectivity index (χ0v) is 19.1. The average Bonchev–Trinajstić information content (AvgIpc) is 2.86. The van der Waals surface area contributed by atoms with Crippen molar-refractivity contribution < 1.29 is 23.8 Å². The molecule has 1 aliphatic rings. The highest BCUT2D eigenvalue weighted by atomic mass is 16.5. The Morgan fingerprint density at radius 3 is 2.47 bits per heavy atom. The van der Waals surface area contributed by atoms with E-state index in [4.69, 9.17) is 14.2 Å². The van der Waals surface area contributed by atoms with Crippen molar-refractivity contribution in [3.05, 3.63) is 72.3 Å². The molecule has 0 bridgehead atoms. The quantitative estimate of drug-likeness (QED) is 0.381. The van der Waals surface area contributed by atoms with Crippen LogP contribution in [0.2, 0.25) is 0 Å². The fourth-order valence-corrected chi connectivity index (χ4v) is 3.50. The van der Waals surface area contributed by atoms with E-state index in [-0.39, 0.29) is 23.0 Å². The number of para-hydroxylation sites is 1. The second-order valence-electron chi connectivity index (χ2n) is 7.42. The van der Waals surface area contributed by atoms with Crippen LogP contribution in [0, 0.1) is 0 Å². The van der Waals surface area contributed by atoms with Gasteiger partial charge >= 0.3 is 0 Å². The molecule has 2 aromatic carbocycles. The maximum Gasteiger partial charge on any atom is 0.204 e. The zero-order valence-electron chi connectivity index (χ0n) is 19.1. The van der Waals surface area contributed by atoms with Gasteiger partial charge in [0.15, 0.2) is 11.5 Å². The number of ether oxygens (including phenoxy) is 3. The summed E-state index contributed by atoms with van der Waals surface area (Å²) < 4.78 is 16.2. The molecular weight excluding hydrogens is 436 g/mol. The Balaban J connectivity index is 1.60. The van der Waals surface area contributed by atoms with Crippen LogP contribution in [0.4, 0.5) is 11.5 Å². The van der Waals surface area contributed by atoms with E-state index in [0.717, 1.165) is 5.69 Å². The topological polar surface area (TPSA) is 103 Å². The van der Waals surface area contributed by atoms with Gasteiger partial charge in [0.1, 0.15) is 18.8 Å². The third kappa shape index (κ3) is 4.74. The van der Waals surface area contributed by atoms with Gasteiger partial charge in [-0.3, -0.25) is 9.59 Å². The van der Waals surface area contributed by atoms with Crippen molar-refractivity contribution in [3.63, 3.8) is 0 Å². The molecule has 0 saturated heterocycles. The van der Waals surface area contributed by atoms with Crippen molar-refractivity contribution in [2.24, 2.45) is 0 Å². The lowest BCUT2D eigenvalue weighted by Gasteiger charge is -2.23. The normalized spacial score (nSPS) is 13.4. The summed E-state index contributed by atoms with van der Waals surface area (Å²) in [4.78, 5) is 35.9. The number of anilines is 2. The highest BCUT2D eigenvalue weighted by molar-refractivity contribution is 6.22. The summed E-state index contributed by atoms with van der Waals surface area (Å²) in [6.07, 6.45) is 3.98. The monoisotopic (exact) mass is 460 g/mol. The van der Waals surface area contributed by atoms with Gasteiger partial charge < -0.3 is 24.4 Å². The molecule has 0 atom stereocenters. The first kappa shape index (κ1) is 22.9. The van der Waals surface area contributed by atoms with Crippen LogP contribution in [0.3, 0.4) is 0 Å². The molecular formula is C25H24N4O5. The maximum absolute atomic E-state index is 12.9. The molecule has 0 fully saturated rings. The number of benzene rings is 2. The first-order chi connectivity index (χ1) is 16.5. The summed E-state index contributed by atoms with van der Waals surface area (Å²) in [6, 6.07) is 12.8. The third-order valence-corrected chi connectivity index (χ3v) is 5.28. The molecule has 3 aromatic rings. The average molecular weight is 460 g/mol. The number of nitrogens with one attached hydrogen (secondary N) is 1. The smallest absolute Gasteiger partial charge is 0.204 e. The van der Waals surface area contributed by atoms with Gasteiger partial charge in [0.25, 0.3) is 0 Å². The van der Waals surface area contributed by atoms with Crippen molar-refractivity contribution in [2.75, 3.05) is 44.7 Å². The molecule has 1 aliphatic carbocycles. The number of allylic oxidation sites excluding steroid dienone is 2. The second-order valence-corrected chi connectivity index (χ2v) is 7.42. The molecule has 34 heavy (non-hydrogen) atoms. The molecule has 9 heteroatoms. The molecule has 1 heterocycles. The number of aromatic nitrogens is 2. The summed E-state index contributed by atoms with van der Waals surface area (Å²) >= 11 is 0. The van der Waals surface area contributed by atoms with Gasteiger partial charge in [0.2, 0.25) is 11.6 Å². The predicted octanol–water partition coefficient (Wildman–Crippen LogP) is 3.13. The number of likely N-dealkylation sites (N-methyl/N-ethyl adjacent to an activating group) is 1. The molecule has 0 radical (unpaired) electrons. The molecule has 0 unspecified atom stereocenters. The van der Waals surface area contributed by atoms with Crippen LogP contribution in [-0.2, 0) is 14.3 Å². The minimum Gasteiger partial charge on any atom is -0.493 e. The largest absolute Gasteiger partial charge is 0.493 e. The third-order valence-electron chi connectivity index (χ3n) is 5.28. The fraction of sp³-hybridized carbons (Fsp3) is 0.200. The van der Waals surface area contributed by atoms with Crippen LogP contribution in [-0.4, -0.2) is 56.0 Å². The van der Waals surface area contributed by atoms with Crippen molar-refractivity contribution in [3.8, 4) is 11.5 Å². The highest BCUT2D eigenvalue weighted by Crippen LogP contribution is 2.34. The van der Waals surface area contributed by atoms with E-state index >= 15 is 0 Å². The molecule has 1 aromatic heterocycles. The summed E-state index contributed by atoms with van der Waals surface area (Å²) in [7, 11) is 4.87. The van der Waals surface area contributed by atoms with E-state index in [1.807, 2.05) is 30.3 Å². The number of nitrogens with zero attached hydrogens (tertiary/aromatic N) is 3. The minimum atomic E-state index is -0.337. The minimum absolute atomic E-state index is 0.120. The SMILES string of the molecule is COCCOc1cc2ncnc(NC3=CC(=O)C(N(C)c4ccccc4)=CC3=O)c2cc1OC. The number of hydrogen-bond acceptors (Lipinski definition) is 9. The number of hydrogen-bond donors (Lipinski definition) is 1. The first-order valence-corrected chi connectivity index (χ1v) is 10.5. The molecule has 0 aliphatic heterocycles. The lowest BCUT2D eigenvalue weighted by Crippen LogP contribution is -2.28. The van der Waals surface area contributed by atoms with Crippen molar-refractivity contribution in [1.29, 1.82) is 0 Å². The maximum atomic E-state index is 12.9. The Morgan fingerprint density at radius 1 is 0.941 bits per heavy atom. The van der Waals surface area contributed by atoms with E-state index in [9.17, 15) is 9.59 Å². The van der Waals surface area contributed by atoms with Gasteiger partial charge in [0, 0.05) is 43.4 Å². The van der Waals surface area contributed by atoms with E-state index in [1.54, 1.807) is 31.2 Å². The standard InChI is InChI=1S/C25H24N4O5/c1-29(16-7-5-4-6-8-16)20-14-21(30)19(12-22(20)31)28-25-17-11-23(33-3)24(34-10-9-32-2)13-18(17)26-15-27-25/h4-8,11-15H,9-10H2,1-3H3,(H,26,27,28). The summed E-state index contributed by atoms with van der Waals surface area (Å²) in [5.74, 6) is 0.728. The van der Waals surface area contributed by atoms with Crippen molar-refractivity contribution >= 4 is 34.0 Å². The Bertz CT molecular complexity index is 1290. The Hall–Kier alpha value is -4.24. The van der Waals surface area contributed by atoms with Crippen molar-refractivity contribution in [2.45, 2.75) is 0 Å². The Kier molecular flexibility index (Phi) is 6.84. The number of methoxy groups -OCH3 is 2. The van der Waals surface area contributed by atoms with Gasteiger partial charge in [-0.1, -0.05) is 18.2 Å². The van der Waals surface area contributed by atoms with Gasteiger partial charge in [-0.05, 0) is 18.2 Å². The highest BCUT2D eigenvalue weighted by Gasteiger charge is 2.24. The zero-order chi connectivity index (χ0) is 24.1. The van der Waals surface area contributed by atoms with E-state index in [0.29, 0.717) is 41.4 Å². The van der Waals surface area contributed by atoms with Crippen LogP contribution in [0.1, 0.15) is 0 Å². The summed E-state index contributed by atoms with van der Waals surface area (Å²) in [5.41, 5.74) is 1.79. The number of rotatable bonds is 9. The molecule has 4 rings (SSSR count). The van der Waals surface area contributed by atoms with Crippen molar-refractivity contribution in [1.82, 2.24) is 9.97 Å². The van der Waals surface area contributed by atoms with Gasteiger partial charge in [-0.2, -0.15) is 0 Å². The molecule has 174 valence electrons. The molecule has 0 amide bonds. The van der Waals surface area contributed by atoms with E-state index < -0.39 is 0 Å². The summed E-state index contributed by atoms with van der Waals surface area (Å²) in [6.45, 7) is 0.779. The molecule has 9 nitrogen and oxygen atoms in total. The second kappa shape index (κ2) is 10.1. The van der Waals surface area contributed by atoms with Crippen LogP contribution >= 0.6 is 0 Å².